The van der Waals surface area contributed by atoms with Gasteiger partial charge in [-0.2, -0.15) is 0 Å². The van der Waals surface area contributed by atoms with Gasteiger partial charge in [-0.3, -0.25) is 0 Å². The summed E-state index contributed by atoms with van der Waals surface area (Å²) in [5.41, 5.74) is 3.98. The van der Waals surface area contributed by atoms with Crippen LogP contribution in [0.5, 0.6) is 0 Å². The standard InChI is InChI=1S/C16H13BrN2O2/c1-9-5-11(7-12(17)6-9)15-18-13-8-10(16(20)21)3-4-14(13)19(15)2/h3-8H,1-2H3,(H,20,21). The summed E-state index contributed by atoms with van der Waals surface area (Å²) >= 11 is 3.49. The zero-order chi connectivity index (χ0) is 15.1. The summed E-state index contributed by atoms with van der Waals surface area (Å²) in [4.78, 5) is 15.6. The molecule has 0 atom stereocenters. The van der Waals surface area contributed by atoms with Gasteiger partial charge in [0.2, 0.25) is 0 Å². The van der Waals surface area contributed by atoms with Crippen LogP contribution in [0.1, 0.15) is 15.9 Å². The van der Waals surface area contributed by atoms with Gasteiger partial charge in [-0.25, -0.2) is 9.78 Å². The van der Waals surface area contributed by atoms with Crippen LogP contribution in [-0.4, -0.2) is 20.6 Å². The third kappa shape index (κ3) is 2.45. The van der Waals surface area contributed by atoms with Crippen molar-refractivity contribution in [1.82, 2.24) is 9.55 Å². The Hall–Kier alpha value is -2.14. The molecule has 0 spiro atoms. The van der Waals surface area contributed by atoms with Gasteiger partial charge >= 0.3 is 5.97 Å². The summed E-state index contributed by atoms with van der Waals surface area (Å²) in [7, 11) is 1.93. The Morgan fingerprint density at radius 1 is 1.24 bits per heavy atom. The number of hydrogen-bond donors (Lipinski definition) is 1. The van der Waals surface area contributed by atoms with Gasteiger partial charge in [-0.15, -0.1) is 0 Å². The lowest BCUT2D eigenvalue weighted by Gasteiger charge is -2.04. The zero-order valence-electron chi connectivity index (χ0n) is 11.6. The van der Waals surface area contributed by atoms with E-state index in [0.717, 1.165) is 26.9 Å². The van der Waals surface area contributed by atoms with Gasteiger partial charge < -0.3 is 9.67 Å². The lowest BCUT2D eigenvalue weighted by atomic mass is 10.1. The minimum atomic E-state index is -0.942. The molecule has 0 aliphatic carbocycles. The average molecular weight is 345 g/mol. The maximum Gasteiger partial charge on any atom is 0.335 e. The summed E-state index contributed by atoms with van der Waals surface area (Å²) in [5, 5.41) is 9.07. The van der Waals surface area contributed by atoms with E-state index in [1.54, 1.807) is 18.2 Å². The highest BCUT2D eigenvalue weighted by atomic mass is 79.9. The quantitative estimate of drug-likeness (QED) is 0.764. The van der Waals surface area contributed by atoms with Gasteiger partial charge in [0.1, 0.15) is 5.82 Å². The first-order valence-electron chi connectivity index (χ1n) is 6.43. The molecule has 0 saturated carbocycles. The van der Waals surface area contributed by atoms with E-state index in [1.807, 2.05) is 30.7 Å². The van der Waals surface area contributed by atoms with E-state index in [4.69, 9.17) is 5.11 Å². The number of rotatable bonds is 2. The van der Waals surface area contributed by atoms with E-state index >= 15 is 0 Å². The van der Waals surface area contributed by atoms with Crippen molar-refractivity contribution in [2.24, 2.45) is 7.05 Å². The predicted octanol–water partition coefficient (Wildman–Crippen LogP) is 4.01. The van der Waals surface area contributed by atoms with Crippen LogP contribution in [0.4, 0.5) is 0 Å². The second-order valence-electron chi connectivity index (χ2n) is 5.02. The van der Waals surface area contributed by atoms with Crippen LogP contribution < -0.4 is 0 Å². The second-order valence-corrected chi connectivity index (χ2v) is 5.94. The number of fused-ring (bicyclic) bond motifs is 1. The molecule has 0 aliphatic heterocycles. The monoisotopic (exact) mass is 344 g/mol. The van der Waals surface area contributed by atoms with E-state index in [0.29, 0.717) is 5.52 Å². The first-order valence-corrected chi connectivity index (χ1v) is 7.22. The van der Waals surface area contributed by atoms with Gasteiger partial charge in [0.05, 0.1) is 16.6 Å². The molecule has 1 aromatic heterocycles. The largest absolute Gasteiger partial charge is 0.478 e. The number of carboxylic acid groups (broad SMARTS) is 1. The summed E-state index contributed by atoms with van der Waals surface area (Å²) in [5.74, 6) is -0.126. The van der Waals surface area contributed by atoms with Gasteiger partial charge in [0.25, 0.3) is 0 Å². The number of hydrogen-bond acceptors (Lipinski definition) is 2. The topological polar surface area (TPSA) is 55.1 Å². The highest BCUT2D eigenvalue weighted by Gasteiger charge is 2.13. The predicted molar refractivity (Wildman–Crippen MR) is 85.5 cm³/mol. The number of nitrogens with zero attached hydrogens (tertiary/aromatic N) is 2. The zero-order valence-corrected chi connectivity index (χ0v) is 13.2. The number of aryl methyl sites for hydroxylation is 2. The second kappa shape index (κ2) is 5.00. The summed E-state index contributed by atoms with van der Waals surface area (Å²) < 4.78 is 2.97. The molecular weight excluding hydrogens is 332 g/mol. The Morgan fingerprint density at radius 3 is 2.67 bits per heavy atom. The van der Waals surface area contributed by atoms with E-state index in [9.17, 15) is 4.79 Å². The molecule has 0 saturated heterocycles. The van der Waals surface area contributed by atoms with E-state index in [-0.39, 0.29) is 5.56 Å². The number of carbonyl (C=O) groups is 1. The lowest BCUT2D eigenvalue weighted by Crippen LogP contribution is -1.96. The summed E-state index contributed by atoms with van der Waals surface area (Å²) in [6, 6.07) is 11.1. The molecule has 106 valence electrons. The van der Waals surface area contributed by atoms with Crippen LogP contribution in [0.25, 0.3) is 22.4 Å². The average Bonchev–Trinajstić information content (AvgIpc) is 2.74. The number of imidazole rings is 1. The van der Waals surface area contributed by atoms with Crippen molar-refractivity contribution < 1.29 is 9.90 Å². The molecule has 0 unspecified atom stereocenters. The van der Waals surface area contributed by atoms with Crippen molar-refractivity contribution in [2.45, 2.75) is 6.92 Å². The molecule has 1 heterocycles. The fourth-order valence-electron chi connectivity index (χ4n) is 2.46. The molecule has 1 N–H and O–H groups in total. The number of carboxylic acids is 1. The van der Waals surface area contributed by atoms with Crippen LogP contribution in [0.3, 0.4) is 0 Å². The number of aromatic nitrogens is 2. The number of benzene rings is 2. The van der Waals surface area contributed by atoms with E-state index < -0.39 is 5.97 Å². The Bertz CT molecular complexity index is 848. The summed E-state index contributed by atoms with van der Waals surface area (Å²) in [6.45, 7) is 2.03. The minimum Gasteiger partial charge on any atom is -0.478 e. The van der Waals surface area contributed by atoms with Crippen molar-refractivity contribution in [1.29, 1.82) is 0 Å². The smallest absolute Gasteiger partial charge is 0.335 e. The highest BCUT2D eigenvalue weighted by Crippen LogP contribution is 2.27. The van der Waals surface area contributed by atoms with Crippen LogP contribution in [0.2, 0.25) is 0 Å². The Kier molecular flexibility index (Phi) is 3.29. The van der Waals surface area contributed by atoms with Gasteiger partial charge in [-0.05, 0) is 48.9 Å². The van der Waals surface area contributed by atoms with E-state index in [2.05, 4.69) is 27.0 Å². The van der Waals surface area contributed by atoms with Crippen molar-refractivity contribution in [3.05, 3.63) is 52.0 Å². The van der Waals surface area contributed by atoms with Crippen LogP contribution in [0.15, 0.2) is 40.9 Å². The maximum absolute atomic E-state index is 11.1. The SMILES string of the molecule is Cc1cc(Br)cc(-c2nc3cc(C(=O)O)ccc3n2C)c1. The lowest BCUT2D eigenvalue weighted by molar-refractivity contribution is 0.0697. The van der Waals surface area contributed by atoms with Crippen LogP contribution in [0, 0.1) is 6.92 Å². The maximum atomic E-state index is 11.1. The van der Waals surface area contributed by atoms with Gasteiger partial charge in [-0.1, -0.05) is 15.9 Å². The van der Waals surface area contributed by atoms with Crippen molar-refractivity contribution >= 4 is 32.9 Å². The van der Waals surface area contributed by atoms with Crippen LogP contribution >= 0.6 is 15.9 Å². The fourth-order valence-corrected chi connectivity index (χ4v) is 3.06. The molecule has 5 heteroatoms. The molecule has 0 radical (unpaired) electrons. The Morgan fingerprint density at radius 2 is 2.00 bits per heavy atom. The number of halogens is 1. The number of aromatic carboxylic acids is 1. The molecule has 0 aliphatic rings. The van der Waals surface area contributed by atoms with Gasteiger partial charge in [0.15, 0.2) is 0 Å². The summed E-state index contributed by atoms with van der Waals surface area (Å²) in [6.07, 6.45) is 0. The van der Waals surface area contributed by atoms with Crippen molar-refractivity contribution in [3.63, 3.8) is 0 Å². The first kappa shape index (κ1) is 13.8. The first-order chi connectivity index (χ1) is 9.95. The van der Waals surface area contributed by atoms with Crippen molar-refractivity contribution in [2.75, 3.05) is 0 Å². The Labute approximate surface area is 130 Å². The highest BCUT2D eigenvalue weighted by molar-refractivity contribution is 9.10. The van der Waals surface area contributed by atoms with Crippen LogP contribution in [-0.2, 0) is 7.05 Å². The normalized spacial score (nSPS) is 11.0. The molecule has 3 aromatic rings. The molecule has 0 amide bonds. The van der Waals surface area contributed by atoms with E-state index in [1.165, 1.54) is 0 Å². The molecule has 3 rings (SSSR count). The molecule has 0 fully saturated rings. The molecule has 0 bridgehead atoms. The Balaban J connectivity index is 2.23. The van der Waals surface area contributed by atoms with Gasteiger partial charge in [0, 0.05) is 17.1 Å². The fraction of sp³-hybridized carbons (Fsp3) is 0.125. The molecule has 21 heavy (non-hydrogen) atoms. The minimum absolute atomic E-state index is 0.248. The third-order valence-electron chi connectivity index (χ3n) is 3.43. The van der Waals surface area contributed by atoms with Crippen molar-refractivity contribution in [3.8, 4) is 11.4 Å². The molecule has 2 aromatic carbocycles. The third-order valence-corrected chi connectivity index (χ3v) is 3.89. The molecular formula is C16H13BrN2O2. The molecule has 4 nitrogen and oxygen atoms in total.